The predicted molar refractivity (Wildman–Crippen MR) is 77.3 cm³/mol. The van der Waals surface area contributed by atoms with Crippen molar-refractivity contribution in [2.45, 2.75) is 37.0 Å². The van der Waals surface area contributed by atoms with Gasteiger partial charge in [-0.3, -0.25) is 4.79 Å². The first-order valence-electron chi connectivity index (χ1n) is 6.41. The lowest BCUT2D eigenvalue weighted by Crippen LogP contribution is -2.49. The summed E-state index contributed by atoms with van der Waals surface area (Å²) < 4.78 is 23.7. The molecule has 1 aliphatic carbocycles. The number of hydrogen-bond acceptors (Lipinski definition) is 4. The van der Waals surface area contributed by atoms with Gasteiger partial charge >= 0.3 is 0 Å². The van der Waals surface area contributed by atoms with Crippen LogP contribution in [0, 0.1) is 0 Å². The molecule has 1 aromatic heterocycles. The zero-order valence-electron chi connectivity index (χ0n) is 11.2. The van der Waals surface area contributed by atoms with Gasteiger partial charge in [-0.05, 0) is 24.3 Å². The minimum atomic E-state index is -3.11. The van der Waals surface area contributed by atoms with Crippen molar-refractivity contribution >= 4 is 27.1 Å². The molecule has 1 saturated carbocycles. The van der Waals surface area contributed by atoms with E-state index in [1.54, 1.807) is 18.0 Å². The lowest BCUT2D eigenvalue weighted by atomic mass is 9.93. The van der Waals surface area contributed by atoms with Crippen LogP contribution in [-0.2, 0) is 9.84 Å². The second-order valence-electron chi connectivity index (χ2n) is 5.11. The number of carbonyl (C=O) groups is 1. The van der Waals surface area contributed by atoms with Gasteiger partial charge in [0.05, 0.1) is 10.1 Å². The van der Waals surface area contributed by atoms with Gasteiger partial charge in [-0.25, -0.2) is 8.42 Å². The Morgan fingerprint density at radius 3 is 2.63 bits per heavy atom. The van der Waals surface area contributed by atoms with Crippen molar-refractivity contribution in [2.24, 2.45) is 0 Å². The molecule has 4 nitrogen and oxygen atoms in total. The van der Waals surface area contributed by atoms with E-state index in [0.29, 0.717) is 11.3 Å². The van der Waals surface area contributed by atoms with Crippen LogP contribution in [0.15, 0.2) is 17.5 Å². The molecule has 2 atom stereocenters. The highest BCUT2D eigenvalue weighted by molar-refractivity contribution is 7.91. The zero-order valence-corrected chi connectivity index (χ0v) is 12.8. The van der Waals surface area contributed by atoms with E-state index >= 15 is 0 Å². The fourth-order valence-electron chi connectivity index (χ4n) is 2.74. The second-order valence-corrected chi connectivity index (χ2v) is 8.33. The fraction of sp³-hybridized carbons (Fsp3) is 0.615. The Morgan fingerprint density at radius 2 is 2.05 bits per heavy atom. The Balaban J connectivity index is 2.21. The van der Waals surface area contributed by atoms with Gasteiger partial charge in [-0.2, -0.15) is 0 Å². The van der Waals surface area contributed by atoms with Crippen molar-refractivity contribution in [1.82, 2.24) is 4.90 Å². The van der Waals surface area contributed by atoms with Gasteiger partial charge in [-0.15, -0.1) is 11.3 Å². The standard InChI is InChI=1S/C13H19NO3S2/c1-14(13(15)11-7-5-9-18-11)10-6-3-4-8-12(10)19(2,16)17/h5,7,9-10,12H,3-4,6,8H2,1-2H3. The molecule has 0 bridgehead atoms. The first-order chi connectivity index (χ1) is 8.91. The molecular formula is C13H19NO3S2. The van der Waals surface area contributed by atoms with E-state index in [2.05, 4.69) is 0 Å². The maximum absolute atomic E-state index is 12.3. The molecule has 0 saturated heterocycles. The summed E-state index contributed by atoms with van der Waals surface area (Å²) in [4.78, 5) is 14.6. The Kier molecular flexibility index (Phi) is 4.30. The van der Waals surface area contributed by atoms with Gasteiger partial charge in [-0.1, -0.05) is 18.9 Å². The summed E-state index contributed by atoms with van der Waals surface area (Å²) >= 11 is 1.39. The monoisotopic (exact) mass is 301 g/mol. The Hall–Kier alpha value is -0.880. The molecule has 1 aliphatic rings. The summed E-state index contributed by atoms with van der Waals surface area (Å²) in [6, 6.07) is 3.42. The van der Waals surface area contributed by atoms with Gasteiger partial charge in [0, 0.05) is 19.3 Å². The quantitative estimate of drug-likeness (QED) is 0.860. The van der Waals surface area contributed by atoms with Crippen LogP contribution in [0.4, 0.5) is 0 Å². The molecule has 19 heavy (non-hydrogen) atoms. The van der Waals surface area contributed by atoms with Crippen molar-refractivity contribution in [1.29, 1.82) is 0 Å². The molecule has 2 unspecified atom stereocenters. The third kappa shape index (κ3) is 3.17. The Bertz CT molecular complexity index is 536. The van der Waals surface area contributed by atoms with Crippen LogP contribution < -0.4 is 0 Å². The summed E-state index contributed by atoms with van der Waals surface area (Å²) in [5, 5.41) is 1.44. The van der Waals surface area contributed by atoms with Crippen LogP contribution in [0.25, 0.3) is 0 Å². The molecule has 0 aliphatic heterocycles. The number of sulfone groups is 1. The molecule has 2 rings (SSSR count). The first kappa shape index (κ1) is 14.5. The van der Waals surface area contributed by atoms with Gasteiger partial charge in [0.1, 0.15) is 0 Å². The average molecular weight is 301 g/mol. The summed E-state index contributed by atoms with van der Waals surface area (Å²) in [5.41, 5.74) is 0. The second kappa shape index (κ2) is 5.63. The maximum Gasteiger partial charge on any atom is 0.263 e. The lowest BCUT2D eigenvalue weighted by molar-refractivity contribution is 0.0705. The average Bonchev–Trinajstić information content (AvgIpc) is 2.90. The maximum atomic E-state index is 12.3. The normalized spacial score (nSPS) is 24.1. The highest BCUT2D eigenvalue weighted by Crippen LogP contribution is 2.28. The van der Waals surface area contributed by atoms with E-state index in [9.17, 15) is 13.2 Å². The van der Waals surface area contributed by atoms with Gasteiger partial charge in [0.2, 0.25) is 0 Å². The summed E-state index contributed by atoms with van der Waals surface area (Å²) in [5.74, 6) is -0.0736. The van der Waals surface area contributed by atoms with Gasteiger partial charge < -0.3 is 4.90 Å². The van der Waals surface area contributed by atoms with Crippen LogP contribution in [0.2, 0.25) is 0 Å². The molecule has 1 aromatic rings. The van der Waals surface area contributed by atoms with E-state index in [1.165, 1.54) is 17.6 Å². The fourth-order valence-corrected chi connectivity index (χ4v) is 4.93. The third-order valence-electron chi connectivity index (χ3n) is 3.77. The van der Waals surface area contributed by atoms with Gasteiger partial charge in [0.25, 0.3) is 5.91 Å². The molecule has 0 aromatic carbocycles. The SMILES string of the molecule is CN(C(=O)c1cccs1)C1CCCCC1S(C)(=O)=O. The highest BCUT2D eigenvalue weighted by atomic mass is 32.2. The highest BCUT2D eigenvalue weighted by Gasteiger charge is 2.37. The largest absolute Gasteiger partial charge is 0.337 e. The van der Waals surface area contributed by atoms with Crippen molar-refractivity contribution in [3.63, 3.8) is 0 Å². The first-order valence-corrected chi connectivity index (χ1v) is 9.24. The van der Waals surface area contributed by atoms with Crippen molar-refractivity contribution in [3.05, 3.63) is 22.4 Å². The Morgan fingerprint density at radius 1 is 1.37 bits per heavy atom. The number of thiophene rings is 1. The minimum Gasteiger partial charge on any atom is -0.337 e. The van der Waals surface area contributed by atoms with Crippen LogP contribution in [0.1, 0.15) is 35.4 Å². The molecule has 0 spiro atoms. The molecule has 6 heteroatoms. The topological polar surface area (TPSA) is 54.5 Å². The molecule has 1 heterocycles. The lowest BCUT2D eigenvalue weighted by Gasteiger charge is -2.36. The number of hydrogen-bond donors (Lipinski definition) is 0. The summed E-state index contributed by atoms with van der Waals surface area (Å²) in [6.45, 7) is 0. The number of nitrogens with zero attached hydrogens (tertiary/aromatic N) is 1. The van der Waals surface area contributed by atoms with E-state index in [-0.39, 0.29) is 11.9 Å². The van der Waals surface area contributed by atoms with Crippen LogP contribution in [0.5, 0.6) is 0 Å². The van der Waals surface area contributed by atoms with Crippen molar-refractivity contribution in [2.75, 3.05) is 13.3 Å². The molecule has 0 N–H and O–H groups in total. The predicted octanol–water partition coefficient (Wildman–Crippen LogP) is 2.18. The van der Waals surface area contributed by atoms with E-state index < -0.39 is 15.1 Å². The molecule has 0 radical (unpaired) electrons. The van der Waals surface area contributed by atoms with Crippen LogP contribution in [0.3, 0.4) is 0 Å². The Labute approximate surface area is 118 Å². The minimum absolute atomic E-state index is 0.0736. The molecule has 1 fully saturated rings. The molecule has 106 valence electrons. The van der Waals surface area contributed by atoms with Crippen molar-refractivity contribution in [3.8, 4) is 0 Å². The number of carbonyl (C=O) groups excluding carboxylic acids is 1. The van der Waals surface area contributed by atoms with Gasteiger partial charge in [0.15, 0.2) is 9.84 Å². The van der Waals surface area contributed by atoms with Crippen LogP contribution >= 0.6 is 11.3 Å². The van der Waals surface area contributed by atoms with E-state index in [0.717, 1.165) is 19.3 Å². The van der Waals surface area contributed by atoms with E-state index in [4.69, 9.17) is 0 Å². The van der Waals surface area contributed by atoms with Crippen LogP contribution in [-0.4, -0.2) is 43.8 Å². The number of rotatable bonds is 3. The molecule has 1 amide bonds. The van der Waals surface area contributed by atoms with Crippen molar-refractivity contribution < 1.29 is 13.2 Å². The number of amides is 1. The van der Waals surface area contributed by atoms with E-state index in [1.807, 2.05) is 11.4 Å². The summed E-state index contributed by atoms with van der Waals surface area (Å²) in [6.07, 6.45) is 4.62. The third-order valence-corrected chi connectivity index (χ3v) is 6.28. The zero-order chi connectivity index (χ0) is 14.0. The molecular weight excluding hydrogens is 282 g/mol. The smallest absolute Gasteiger partial charge is 0.263 e. The summed E-state index contributed by atoms with van der Waals surface area (Å²) in [7, 11) is -1.39.